The van der Waals surface area contributed by atoms with Crippen LogP contribution >= 0.6 is 0 Å². The number of rotatable bonds is 3. The van der Waals surface area contributed by atoms with Crippen LogP contribution in [0.4, 0.5) is 5.69 Å². The molecule has 0 radical (unpaired) electrons. The van der Waals surface area contributed by atoms with Crippen LogP contribution in [0.1, 0.15) is 23.2 Å². The summed E-state index contributed by atoms with van der Waals surface area (Å²) in [6, 6.07) is 6.96. The van der Waals surface area contributed by atoms with Crippen LogP contribution in [0.25, 0.3) is 0 Å². The lowest BCUT2D eigenvalue weighted by atomic mass is 10.2. The van der Waals surface area contributed by atoms with Crippen molar-refractivity contribution in [1.82, 2.24) is 5.32 Å². The van der Waals surface area contributed by atoms with E-state index in [1.807, 2.05) is 0 Å². The fourth-order valence-corrected chi connectivity index (χ4v) is 1.79. The van der Waals surface area contributed by atoms with Gasteiger partial charge in [0.25, 0.3) is 5.91 Å². The summed E-state index contributed by atoms with van der Waals surface area (Å²) in [4.78, 5) is 11.7. The van der Waals surface area contributed by atoms with E-state index in [0.717, 1.165) is 19.4 Å². The molecule has 0 aromatic heterocycles. The molecule has 4 heteroatoms. The Morgan fingerprint density at radius 1 is 1.56 bits per heavy atom. The number of hydrogen-bond donors (Lipinski definition) is 2. The zero-order valence-electron chi connectivity index (χ0n) is 9.11. The van der Waals surface area contributed by atoms with Crippen molar-refractivity contribution in [3.8, 4) is 0 Å². The van der Waals surface area contributed by atoms with Gasteiger partial charge in [0, 0.05) is 24.4 Å². The van der Waals surface area contributed by atoms with Crippen molar-refractivity contribution in [3.05, 3.63) is 29.8 Å². The molecule has 1 amide bonds. The Labute approximate surface area is 94.8 Å². The summed E-state index contributed by atoms with van der Waals surface area (Å²) < 4.78 is 5.42. The second-order valence-electron chi connectivity index (χ2n) is 3.97. The highest BCUT2D eigenvalue weighted by Crippen LogP contribution is 2.11. The normalized spacial score (nSPS) is 19.6. The van der Waals surface area contributed by atoms with Gasteiger partial charge in [0.1, 0.15) is 0 Å². The maximum absolute atomic E-state index is 11.7. The van der Waals surface area contributed by atoms with Crippen molar-refractivity contribution < 1.29 is 9.53 Å². The minimum absolute atomic E-state index is 0.0946. The Morgan fingerprint density at radius 3 is 3.12 bits per heavy atom. The molecular weight excluding hydrogens is 204 g/mol. The van der Waals surface area contributed by atoms with Gasteiger partial charge in [0.2, 0.25) is 0 Å². The highest BCUT2D eigenvalue weighted by atomic mass is 16.5. The van der Waals surface area contributed by atoms with E-state index < -0.39 is 0 Å². The largest absolute Gasteiger partial charge is 0.399 e. The molecule has 3 N–H and O–H groups in total. The monoisotopic (exact) mass is 220 g/mol. The van der Waals surface area contributed by atoms with Crippen molar-refractivity contribution in [2.45, 2.75) is 18.9 Å². The number of nitrogens with two attached hydrogens (primary N) is 1. The number of hydrogen-bond acceptors (Lipinski definition) is 3. The van der Waals surface area contributed by atoms with Crippen LogP contribution in [-0.2, 0) is 4.74 Å². The van der Waals surface area contributed by atoms with Crippen LogP contribution in [0.3, 0.4) is 0 Å². The van der Waals surface area contributed by atoms with Gasteiger partial charge >= 0.3 is 0 Å². The van der Waals surface area contributed by atoms with Gasteiger partial charge in [0.15, 0.2) is 0 Å². The van der Waals surface area contributed by atoms with E-state index in [4.69, 9.17) is 10.5 Å². The minimum Gasteiger partial charge on any atom is -0.399 e. The minimum atomic E-state index is -0.0946. The quantitative estimate of drug-likeness (QED) is 0.752. The Kier molecular flexibility index (Phi) is 3.41. The zero-order chi connectivity index (χ0) is 11.4. The summed E-state index contributed by atoms with van der Waals surface area (Å²) in [6.07, 6.45) is 2.28. The number of anilines is 1. The first kappa shape index (κ1) is 11.0. The van der Waals surface area contributed by atoms with Crippen LogP contribution < -0.4 is 11.1 Å². The molecule has 2 rings (SSSR count). The van der Waals surface area contributed by atoms with E-state index in [-0.39, 0.29) is 12.0 Å². The summed E-state index contributed by atoms with van der Waals surface area (Å²) in [7, 11) is 0. The van der Waals surface area contributed by atoms with E-state index in [2.05, 4.69) is 5.32 Å². The molecule has 1 saturated heterocycles. The highest BCUT2D eigenvalue weighted by molar-refractivity contribution is 5.94. The molecule has 86 valence electrons. The molecule has 0 unspecified atom stereocenters. The van der Waals surface area contributed by atoms with Crippen molar-refractivity contribution in [2.24, 2.45) is 0 Å². The standard InChI is InChI=1S/C12H16N2O2/c13-10-4-1-3-9(7-10)12(15)14-8-11-5-2-6-16-11/h1,3-4,7,11H,2,5-6,8,13H2,(H,14,15)/t11-/m0/s1. The molecule has 1 fully saturated rings. The number of amides is 1. The first-order chi connectivity index (χ1) is 7.75. The molecule has 0 aliphatic carbocycles. The van der Waals surface area contributed by atoms with Gasteiger partial charge in [0.05, 0.1) is 6.10 Å². The average molecular weight is 220 g/mol. The fraction of sp³-hybridized carbons (Fsp3) is 0.417. The first-order valence-corrected chi connectivity index (χ1v) is 5.51. The van der Waals surface area contributed by atoms with E-state index in [9.17, 15) is 4.79 Å². The summed E-state index contributed by atoms with van der Waals surface area (Å²) in [5, 5.41) is 2.85. The lowest BCUT2D eigenvalue weighted by molar-refractivity contribution is 0.0858. The molecule has 1 aromatic carbocycles. The smallest absolute Gasteiger partial charge is 0.251 e. The maximum atomic E-state index is 11.7. The molecule has 1 aliphatic heterocycles. The predicted octanol–water partition coefficient (Wildman–Crippen LogP) is 1.18. The molecule has 1 aromatic rings. The molecule has 16 heavy (non-hydrogen) atoms. The molecule has 1 aliphatic rings. The lowest BCUT2D eigenvalue weighted by Crippen LogP contribution is -2.31. The number of carbonyl (C=O) groups is 1. The first-order valence-electron chi connectivity index (χ1n) is 5.51. The van der Waals surface area contributed by atoms with E-state index in [1.54, 1.807) is 24.3 Å². The van der Waals surface area contributed by atoms with Gasteiger partial charge in [-0.15, -0.1) is 0 Å². The average Bonchev–Trinajstić information content (AvgIpc) is 2.78. The second-order valence-corrected chi connectivity index (χ2v) is 3.97. The van der Waals surface area contributed by atoms with Crippen molar-refractivity contribution in [1.29, 1.82) is 0 Å². The van der Waals surface area contributed by atoms with E-state index in [0.29, 0.717) is 17.8 Å². The number of carbonyl (C=O) groups excluding carboxylic acids is 1. The van der Waals surface area contributed by atoms with Gasteiger partial charge < -0.3 is 15.8 Å². The Balaban J connectivity index is 1.87. The van der Waals surface area contributed by atoms with E-state index >= 15 is 0 Å². The summed E-state index contributed by atoms with van der Waals surface area (Å²) in [6.45, 7) is 1.38. The number of nitrogen functional groups attached to an aromatic ring is 1. The van der Waals surface area contributed by atoms with Crippen LogP contribution in [0, 0.1) is 0 Å². The zero-order valence-corrected chi connectivity index (χ0v) is 9.11. The maximum Gasteiger partial charge on any atom is 0.251 e. The van der Waals surface area contributed by atoms with Gasteiger partial charge in [-0.05, 0) is 31.0 Å². The number of nitrogens with one attached hydrogen (secondary N) is 1. The molecule has 1 heterocycles. The Bertz CT molecular complexity index is 373. The third kappa shape index (κ3) is 2.73. The van der Waals surface area contributed by atoms with Crippen molar-refractivity contribution in [3.63, 3.8) is 0 Å². The molecule has 4 nitrogen and oxygen atoms in total. The van der Waals surface area contributed by atoms with Gasteiger partial charge in [-0.1, -0.05) is 6.07 Å². The molecule has 0 saturated carbocycles. The SMILES string of the molecule is Nc1cccc(C(=O)NC[C@@H]2CCCO2)c1. The summed E-state index contributed by atoms with van der Waals surface area (Å²) >= 11 is 0. The summed E-state index contributed by atoms with van der Waals surface area (Å²) in [5.74, 6) is -0.0946. The highest BCUT2D eigenvalue weighted by Gasteiger charge is 2.16. The lowest BCUT2D eigenvalue weighted by Gasteiger charge is -2.10. The van der Waals surface area contributed by atoms with E-state index in [1.165, 1.54) is 0 Å². The van der Waals surface area contributed by atoms with Crippen LogP contribution in [0.15, 0.2) is 24.3 Å². The molecule has 0 spiro atoms. The Morgan fingerprint density at radius 2 is 2.44 bits per heavy atom. The van der Waals surface area contributed by atoms with Crippen molar-refractivity contribution >= 4 is 11.6 Å². The topological polar surface area (TPSA) is 64.4 Å². The van der Waals surface area contributed by atoms with Gasteiger partial charge in [-0.3, -0.25) is 4.79 Å². The third-order valence-corrected chi connectivity index (χ3v) is 2.66. The number of ether oxygens (including phenoxy) is 1. The fourth-order valence-electron chi connectivity index (χ4n) is 1.79. The third-order valence-electron chi connectivity index (χ3n) is 2.66. The Hall–Kier alpha value is -1.55. The molecular formula is C12H16N2O2. The molecule has 0 bridgehead atoms. The van der Waals surface area contributed by atoms with Crippen molar-refractivity contribution in [2.75, 3.05) is 18.9 Å². The predicted molar refractivity (Wildman–Crippen MR) is 62.2 cm³/mol. The van der Waals surface area contributed by atoms with Gasteiger partial charge in [-0.25, -0.2) is 0 Å². The van der Waals surface area contributed by atoms with Crippen LogP contribution in [0.5, 0.6) is 0 Å². The number of benzene rings is 1. The van der Waals surface area contributed by atoms with Gasteiger partial charge in [-0.2, -0.15) is 0 Å². The van der Waals surface area contributed by atoms with Crippen LogP contribution in [-0.4, -0.2) is 25.2 Å². The van der Waals surface area contributed by atoms with Crippen LogP contribution in [0.2, 0.25) is 0 Å². The summed E-state index contributed by atoms with van der Waals surface area (Å²) in [5.41, 5.74) is 6.81. The molecule has 1 atom stereocenters. The second kappa shape index (κ2) is 4.99.